The Bertz CT molecular complexity index is 949. The van der Waals surface area contributed by atoms with Crippen molar-refractivity contribution in [3.05, 3.63) is 29.3 Å². The zero-order chi connectivity index (χ0) is 21.9. The standard InChI is InChI=1S/C18H23N3O8S/c1-30(26,27)29-10-9-28-8-7-19-12-4-2-3-11-15(12)18(25)21(17(11)24)13-5-6-14(22)20-16(13)23/h2-4,13,17,19,24H,5-10H2,1H3,(H,20,22,23). The van der Waals surface area contributed by atoms with E-state index in [0.717, 1.165) is 11.2 Å². The monoisotopic (exact) mass is 441 g/mol. The molecule has 3 N–H and O–H groups in total. The summed E-state index contributed by atoms with van der Waals surface area (Å²) in [5, 5.41) is 15.9. The molecule has 3 rings (SSSR count). The Labute approximate surface area is 173 Å². The Hall–Kier alpha value is -2.54. The van der Waals surface area contributed by atoms with Crippen LogP contribution in [0.2, 0.25) is 0 Å². The van der Waals surface area contributed by atoms with Crippen molar-refractivity contribution in [3.8, 4) is 0 Å². The van der Waals surface area contributed by atoms with Crippen LogP contribution in [-0.2, 0) is 28.6 Å². The molecule has 0 radical (unpaired) electrons. The molecule has 1 aromatic carbocycles. The molecule has 0 aromatic heterocycles. The molecule has 2 atom stereocenters. The van der Waals surface area contributed by atoms with Crippen LogP contribution in [0.3, 0.4) is 0 Å². The molecule has 164 valence electrons. The summed E-state index contributed by atoms with van der Waals surface area (Å²) in [7, 11) is -3.51. The molecular formula is C18H23N3O8S. The summed E-state index contributed by atoms with van der Waals surface area (Å²) >= 11 is 0. The maximum atomic E-state index is 13.0. The summed E-state index contributed by atoms with van der Waals surface area (Å²) in [5.74, 6) is -1.51. The number of imide groups is 1. The number of amides is 3. The maximum Gasteiger partial charge on any atom is 0.264 e. The number of fused-ring (bicyclic) bond motifs is 1. The normalized spacial score (nSPS) is 21.5. The van der Waals surface area contributed by atoms with Gasteiger partial charge in [0.1, 0.15) is 6.04 Å². The quantitative estimate of drug-likeness (QED) is 0.258. The molecule has 0 aliphatic carbocycles. The van der Waals surface area contributed by atoms with Gasteiger partial charge in [-0.15, -0.1) is 0 Å². The predicted molar refractivity (Wildman–Crippen MR) is 104 cm³/mol. The van der Waals surface area contributed by atoms with Gasteiger partial charge in [0.15, 0.2) is 6.23 Å². The number of hydrogen-bond donors (Lipinski definition) is 3. The van der Waals surface area contributed by atoms with Gasteiger partial charge in [0.05, 0.1) is 31.6 Å². The first-order chi connectivity index (χ1) is 14.2. The van der Waals surface area contributed by atoms with E-state index in [1.54, 1.807) is 18.2 Å². The molecule has 1 fully saturated rings. The minimum atomic E-state index is -3.51. The smallest absolute Gasteiger partial charge is 0.264 e. The Morgan fingerprint density at radius 1 is 1.23 bits per heavy atom. The van der Waals surface area contributed by atoms with Gasteiger partial charge in [-0.3, -0.25) is 28.8 Å². The van der Waals surface area contributed by atoms with Crippen LogP contribution < -0.4 is 10.6 Å². The van der Waals surface area contributed by atoms with Crippen molar-refractivity contribution >= 4 is 33.5 Å². The third-order valence-electron chi connectivity index (χ3n) is 4.72. The lowest BCUT2D eigenvalue weighted by molar-refractivity contribution is -0.139. The number of aliphatic hydroxyl groups is 1. The average Bonchev–Trinajstić information content (AvgIpc) is 2.92. The molecule has 2 aliphatic heterocycles. The number of hydrogen-bond acceptors (Lipinski definition) is 9. The number of rotatable bonds is 9. The number of nitrogens with zero attached hydrogens (tertiary/aromatic N) is 1. The van der Waals surface area contributed by atoms with Crippen LogP contribution in [-0.4, -0.2) is 74.8 Å². The molecule has 2 aliphatic rings. The Kier molecular flexibility index (Phi) is 6.71. The Morgan fingerprint density at radius 2 is 2.00 bits per heavy atom. The number of anilines is 1. The van der Waals surface area contributed by atoms with E-state index in [9.17, 15) is 27.9 Å². The summed E-state index contributed by atoms with van der Waals surface area (Å²) in [5.41, 5.74) is 1.11. The lowest BCUT2D eigenvalue weighted by atomic mass is 10.0. The second-order valence-corrected chi connectivity index (χ2v) is 8.53. The lowest BCUT2D eigenvalue weighted by Gasteiger charge is -2.31. The first-order valence-corrected chi connectivity index (χ1v) is 11.1. The SMILES string of the molecule is CS(=O)(=O)OCCOCCNc1cccc2c1C(=O)N(C1CCC(=O)NC1=O)C2O. The van der Waals surface area contributed by atoms with Gasteiger partial charge in [-0.25, -0.2) is 0 Å². The molecule has 0 bridgehead atoms. The van der Waals surface area contributed by atoms with E-state index in [1.807, 2.05) is 0 Å². The summed E-state index contributed by atoms with van der Waals surface area (Å²) in [4.78, 5) is 37.6. The van der Waals surface area contributed by atoms with E-state index < -0.39 is 40.1 Å². The van der Waals surface area contributed by atoms with Gasteiger partial charge < -0.3 is 15.2 Å². The van der Waals surface area contributed by atoms with Gasteiger partial charge in [-0.1, -0.05) is 12.1 Å². The van der Waals surface area contributed by atoms with Crippen LogP contribution >= 0.6 is 0 Å². The van der Waals surface area contributed by atoms with Gasteiger partial charge in [0, 0.05) is 24.2 Å². The van der Waals surface area contributed by atoms with E-state index in [-0.39, 0.29) is 38.2 Å². The highest BCUT2D eigenvalue weighted by Gasteiger charge is 2.45. The number of piperidine rings is 1. The molecule has 12 heteroatoms. The van der Waals surface area contributed by atoms with Crippen molar-refractivity contribution < 1.29 is 36.8 Å². The molecule has 0 saturated carbocycles. The Morgan fingerprint density at radius 3 is 2.70 bits per heavy atom. The van der Waals surface area contributed by atoms with Crippen molar-refractivity contribution in [2.24, 2.45) is 0 Å². The van der Waals surface area contributed by atoms with Crippen LogP contribution in [0.4, 0.5) is 5.69 Å². The Balaban J connectivity index is 1.60. The third kappa shape index (κ3) is 4.95. The molecule has 11 nitrogen and oxygen atoms in total. The largest absolute Gasteiger partial charge is 0.382 e. The van der Waals surface area contributed by atoms with Gasteiger partial charge in [0.25, 0.3) is 16.0 Å². The topological polar surface area (TPSA) is 151 Å². The number of ether oxygens (including phenoxy) is 1. The molecule has 3 amide bonds. The van der Waals surface area contributed by atoms with Crippen LogP contribution in [0.15, 0.2) is 18.2 Å². The highest BCUT2D eigenvalue weighted by Crippen LogP contribution is 2.38. The van der Waals surface area contributed by atoms with Gasteiger partial charge in [-0.2, -0.15) is 8.42 Å². The van der Waals surface area contributed by atoms with E-state index in [2.05, 4.69) is 14.8 Å². The van der Waals surface area contributed by atoms with Crippen LogP contribution in [0.1, 0.15) is 35.0 Å². The second kappa shape index (κ2) is 9.08. The first kappa shape index (κ1) is 22.2. The number of nitrogens with one attached hydrogen (secondary N) is 2. The zero-order valence-corrected chi connectivity index (χ0v) is 17.1. The fourth-order valence-electron chi connectivity index (χ4n) is 3.43. The molecule has 2 heterocycles. The molecular weight excluding hydrogens is 418 g/mol. The van der Waals surface area contributed by atoms with E-state index in [4.69, 9.17) is 4.74 Å². The zero-order valence-electron chi connectivity index (χ0n) is 16.3. The van der Waals surface area contributed by atoms with Crippen molar-refractivity contribution in [3.63, 3.8) is 0 Å². The van der Waals surface area contributed by atoms with Gasteiger partial charge in [-0.05, 0) is 12.5 Å². The van der Waals surface area contributed by atoms with Crippen molar-refractivity contribution in [2.45, 2.75) is 25.1 Å². The van der Waals surface area contributed by atoms with Gasteiger partial charge >= 0.3 is 0 Å². The third-order valence-corrected chi connectivity index (χ3v) is 5.31. The number of carbonyl (C=O) groups is 3. The average molecular weight is 441 g/mol. The molecule has 0 spiro atoms. The van der Waals surface area contributed by atoms with E-state index >= 15 is 0 Å². The van der Waals surface area contributed by atoms with Crippen LogP contribution in [0, 0.1) is 0 Å². The predicted octanol–water partition coefficient (Wildman–Crippen LogP) is -0.657. The lowest BCUT2D eigenvalue weighted by Crippen LogP contribution is -2.53. The van der Waals surface area contributed by atoms with Crippen LogP contribution in [0.25, 0.3) is 0 Å². The van der Waals surface area contributed by atoms with E-state index in [1.165, 1.54) is 0 Å². The molecule has 30 heavy (non-hydrogen) atoms. The first-order valence-electron chi connectivity index (χ1n) is 9.32. The molecule has 2 unspecified atom stereocenters. The highest BCUT2D eigenvalue weighted by atomic mass is 32.2. The maximum absolute atomic E-state index is 13.0. The fourth-order valence-corrected chi connectivity index (χ4v) is 3.80. The number of carbonyl (C=O) groups excluding carboxylic acids is 3. The van der Waals surface area contributed by atoms with Crippen molar-refractivity contribution in [1.29, 1.82) is 0 Å². The summed E-state index contributed by atoms with van der Waals surface area (Å²) < 4.78 is 31.6. The van der Waals surface area contributed by atoms with Crippen molar-refractivity contribution in [1.82, 2.24) is 10.2 Å². The molecule has 1 aromatic rings. The summed E-state index contributed by atoms with van der Waals surface area (Å²) in [6, 6.07) is 4.02. The fraction of sp³-hybridized carbons (Fsp3) is 0.500. The second-order valence-electron chi connectivity index (χ2n) is 6.89. The van der Waals surface area contributed by atoms with Crippen LogP contribution in [0.5, 0.6) is 0 Å². The van der Waals surface area contributed by atoms with E-state index in [0.29, 0.717) is 17.8 Å². The van der Waals surface area contributed by atoms with Gasteiger partial charge in [0.2, 0.25) is 11.8 Å². The summed E-state index contributed by atoms with van der Waals surface area (Å²) in [6.45, 7) is 0.537. The number of aliphatic hydroxyl groups excluding tert-OH is 1. The minimum absolute atomic E-state index is 0.0859. The number of benzene rings is 1. The summed E-state index contributed by atoms with van der Waals surface area (Å²) in [6.07, 6.45) is -0.0984. The van der Waals surface area contributed by atoms with Crippen molar-refractivity contribution in [2.75, 3.05) is 37.9 Å². The minimum Gasteiger partial charge on any atom is -0.382 e. The highest BCUT2D eigenvalue weighted by molar-refractivity contribution is 7.85. The molecule has 1 saturated heterocycles.